The maximum absolute atomic E-state index is 10.7. The number of nitrogens with zero attached hydrogens (tertiary/aromatic N) is 2. The summed E-state index contributed by atoms with van der Waals surface area (Å²) in [5.74, 6) is 0.412. The van der Waals surface area contributed by atoms with Gasteiger partial charge in [-0.15, -0.1) is 0 Å². The standard InChI is InChI=1S/C12H14N2O3/c1-3-17-8-4-5-10-9(6-8)13-11(14(10)2)7-12(15)16/h4-6H,3,7H2,1-2H3,(H,15,16). The van der Waals surface area contributed by atoms with Gasteiger partial charge in [-0.1, -0.05) is 0 Å². The van der Waals surface area contributed by atoms with Crippen LogP contribution < -0.4 is 4.74 Å². The minimum absolute atomic E-state index is 0.0743. The zero-order valence-corrected chi connectivity index (χ0v) is 9.80. The van der Waals surface area contributed by atoms with Crippen LogP contribution >= 0.6 is 0 Å². The molecule has 0 aliphatic rings. The van der Waals surface area contributed by atoms with Gasteiger partial charge < -0.3 is 14.4 Å². The van der Waals surface area contributed by atoms with E-state index in [9.17, 15) is 4.79 Å². The predicted molar refractivity (Wildman–Crippen MR) is 63.2 cm³/mol. The molecule has 0 aliphatic carbocycles. The van der Waals surface area contributed by atoms with Crippen LogP contribution in [0.5, 0.6) is 5.75 Å². The molecule has 2 rings (SSSR count). The molecule has 5 nitrogen and oxygen atoms in total. The van der Waals surface area contributed by atoms with Gasteiger partial charge in [0.1, 0.15) is 18.0 Å². The lowest BCUT2D eigenvalue weighted by molar-refractivity contribution is -0.136. The van der Waals surface area contributed by atoms with E-state index in [0.717, 1.165) is 16.8 Å². The van der Waals surface area contributed by atoms with Gasteiger partial charge in [0, 0.05) is 13.1 Å². The molecule has 0 amide bonds. The molecule has 0 radical (unpaired) electrons. The summed E-state index contributed by atoms with van der Waals surface area (Å²) >= 11 is 0. The molecule has 0 saturated carbocycles. The summed E-state index contributed by atoms with van der Waals surface area (Å²) < 4.78 is 7.17. The number of aryl methyl sites for hydroxylation is 1. The van der Waals surface area contributed by atoms with Crippen molar-refractivity contribution in [2.45, 2.75) is 13.3 Å². The van der Waals surface area contributed by atoms with Crippen LogP contribution in [0.3, 0.4) is 0 Å². The number of ether oxygens (including phenoxy) is 1. The first kappa shape index (κ1) is 11.4. The second kappa shape index (κ2) is 4.45. The summed E-state index contributed by atoms with van der Waals surface area (Å²) in [4.78, 5) is 15.0. The SMILES string of the molecule is CCOc1ccc2c(c1)nc(CC(=O)O)n2C. The zero-order chi connectivity index (χ0) is 12.4. The van der Waals surface area contributed by atoms with Gasteiger partial charge in [-0.3, -0.25) is 4.79 Å². The van der Waals surface area contributed by atoms with Gasteiger partial charge in [0.05, 0.1) is 17.6 Å². The van der Waals surface area contributed by atoms with E-state index in [2.05, 4.69) is 4.98 Å². The van der Waals surface area contributed by atoms with E-state index in [1.807, 2.05) is 32.2 Å². The summed E-state index contributed by atoms with van der Waals surface area (Å²) in [5, 5.41) is 8.78. The second-order valence-electron chi connectivity index (χ2n) is 3.74. The van der Waals surface area contributed by atoms with Crippen molar-refractivity contribution in [1.29, 1.82) is 0 Å². The van der Waals surface area contributed by atoms with Gasteiger partial charge in [0.2, 0.25) is 0 Å². The Morgan fingerprint density at radius 3 is 2.94 bits per heavy atom. The number of carbonyl (C=O) groups is 1. The molecule has 1 aromatic carbocycles. The lowest BCUT2D eigenvalue weighted by atomic mass is 10.3. The first-order valence-corrected chi connectivity index (χ1v) is 5.41. The normalized spacial score (nSPS) is 10.7. The molecule has 0 fully saturated rings. The quantitative estimate of drug-likeness (QED) is 0.872. The maximum atomic E-state index is 10.7. The summed E-state index contributed by atoms with van der Waals surface area (Å²) in [6, 6.07) is 5.57. The van der Waals surface area contributed by atoms with Gasteiger partial charge in [-0.25, -0.2) is 4.98 Å². The molecule has 17 heavy (non-hydrogen) atoms. The third-order valence-electron chi connectivity index (χ3n) is 2.57. The predicted octanol–water partition coefficient (Wildman–Crippen LogP) is 1.60. The van der Waals surface area contributed by atoms with E-state index in [0.29, 0.717) is 12.4 Å². The summed E-state index contributed by atoms with van der Waals surface area (Å²) in [6.07, 6.45) is -0.0743. The molecule has 0 atom stereocenters. The maximum Gasteiger partial charge on any atom is 0.311 e. The van der Waals surface area contributed by atoms with Crippen LogP contribution in [0.1, 0.15) is 12.7 Å². The van der Waals surface area contributed by atoms with E-state index in [1.54, 1.807) is 4.57 Å². The lowest BCUT2D eigenvalue weighted by Gasteiger charge is -2.02. The number of hydrogen-bond acceptors (Lipinski definition) is 3. The number of benzene rings is 1. The average Bonchev–Trinajstić information content (AvgIpc) is 2.55. The van der Waals surface area contributed by atoms with Crippen LogP contribution in [0, 0.1) is 0 Å². The summed E-state index contributed by atoms with van der Waals surface area (Å²) in [6.45, 7) is 2.51. The highest BCUT2D eigenvalue weighted by atomic mass is 16.5. The molecule has 2 aromatic rings. The Kier molecular flexibility index (Phi) is 2.99. The molecule has 0 bridgehead atoms. The highest BCUT2D eigenvalue weighted by molar-refractivity contribution is 5.79. The Balaban J connectivity index is 2.45. The van der Waals surface area contributed by atoms with Crippen molar-refractivity contribution in [3.05, 3.63) is 24.0 Å². The highest BCUT2D eigenvalue weighted by Crippen LogP contribution is 2.21. The Morgan fingerprint density at radius 2 is 2.29 bits per heavy atom. The van der Waals surface area contributed by atoms with Crippen molar-refractivity contribution in [2.24, 2.45) is 7.05 Å². The van der Waals surface area contributed by atoms with Gasteiger partial charge in [0.15, 0.2) is 0 Å². The van der Waals surface area contributed by atoms with Crippen LogP contribution in [0.2, 0.25) is 0 Å². The fourth-order valence-corrected chi connectivity index (χ4v) is 1.78. The van der Waals surface area contributed by atoms with Crippen LogP contribution in [0.25, 0.3) is 11.0 Å². The van der Waals surface area contributed by atoms with Gasteiger partial charge >= 0.3 is 5.97 Å². The topological polar surface area (TPSA) is 64.3 Å². The largest absolute Gasteiger partial charge is 0.494 e. The highest BCUT2D eigenvalue weighted by Gasteiger charge is 2.11. The molecule has 0 unspecified atom stereocenters. The van der Waals surface area contributed by atoms with Crippen molar-refractivity contribution < 1.29 is 14.6 Å². The van der Waals surface area contributed by atoms with Gasteiger partial charge in [-0.05, 0) is 19.1 Å². The third-order valence-corrected chi connectivity index (χ3v) is 2.57. The minimum atomic E-state index is -0.881. The van der Waals surface area contributed by atoms with Gasteiger partial charge in [-0.2, -0.15) is 0 Å². The second-order valence-corrected chi connectivity index (χ2v) is 3.74. The molecule has 0 spiro atoms. The van der Waals surface area contributed by atoms with E-state index in [1.165, 1.54) is 0 Å². The first-order chi connectivity index (χ1) is 8.11. The smallest absolute Gasteiger partial charge is 0.311 e. The molecule has 1 heterocycles. The number of imidazole rings is 1. The minimum Gasteiger partial charge on any atom is -0.494 e. The fourth-order valence-electron chi connectivity index (χ4n) is 1.78. The Labute approximate surface area is 98.6 Å². The van der Waals surface area contributed by atoms with Crippen molar-refractivity contribution in [2.75, 3.05) is 6.61 Å². The molecule has 0 saturated heterocycles. The molecule has 0 aliphatic heterocycles. The van der Waals surface area contributed by atoms with Crippen LogP contribution in [0.4, 0.5) is 0 Å². The Bertz CT molecular complexity index is 560. The molecule has 90 valence electrons. The van der Waals surface area contributed by atoms with Gasteiger partial charge in [0.25, 0.3) is 0 Å². The van der Waals surface area contributed by atoms with Crippen LogP contribution in [-0.2, 0) is 18.3 Å². The van der Waals surface area contributed by atoms with E-state index >= 15 is 0 Å². The fraction of sp³-hybridized carbons (Fsp3) is 0.333. The van der Waals surface area contributed by atoms with Crippen LogP contribution in [0.15, 0.2) is 18.2 Å². The van der Waals surface area contributed by atoms with Crippen LogP contribution in [-0.4, -0.2) is 27.2 Å². The van der Waals surface area contributed by atoms with E-state index in [-0.39, 0.29) is 6.42 Å². The molecular weight excluding hydrogens is 220 g/mol. The zero-order valence-electron chi connectivity index (χ0n) is 9.80. The number of rotatable bonds is 4. The number of aliphatic carboxylic acids is 1. The molecule has 5 heteroatoms. The number of carboxylic acid groups (broad SMARTS) is 1. The average molecular weight is 234 g/mol. The summed E-state index contributed by atoms with van der Waals surface area (Å²) in [5.41, 5.74) is 1.67. The Hall–Kier alpha value is -2.04. The first-order valence-electron chi connectivity index (χ1n) is 5.41. The third kappa shape index (κ3) is 2.22. The summed E-state index contributed by atoms with van der Waals surface area (Å²) in [7, 11) is 1.81. The Morgan fingerprint density at radius 1 is 1.53 bits per heavy atom. The number of carboxylic acids is 1. The van der Waals surface area contributed by atoms with E-state index in [4.69, 9.17) is 9.84 Å². The number of hydrogen-bond donors (Lipinski definition) is 1. The number of aromatic nitrogens is 2. The molecule has 1 N–H and O–H groups in total. The lowest BCUT2D eigenvalue weighted by Crippen LogP contribution is -2.06. The molecule has 1 aromatic heterocycles. The van der Waals surface area contributed by atoms with E-state index < -0.39 is 5.97 Å². The molecular formula is C12H14N2O3. The van der Waals surface area contributed by atoms with Crippen molar-refractivity contribution >= 4 is 17.0 Å². The number of fused-ring (bicyclic) bond motifs is 1. The van der Waals surface area contributed by atoms with Crippen molar-refractivity contribution in [3.63, 3.8) is 0 Å². The van der Waals surface area contributed by atoms with Crippen molar-refractivity contribution in [3.8, 4) is 5.75 Å². The monoisotopic (exact) mass is 234 g/mol. The van der Waals surface area contributed by atoms with Crippen molar-refractivity contribution in [1.82, 2.24) is 9.55 Å².